The normalized spacial score (nSPS) is 15.5. The minimum atomic E-state index is -0.392. The van der Waals surface area contributed by atoms with Crippen molar-refractivity contribution in [1.29, 1.82) is 0 Å². The highest BCUT2D eigenvalue weighted by Crippen LogP contribution is 2.15. The summed E-state index contributed by atoms with van der Waals surface area (Å²) in [5.74, 6) is -0.392. The summed E-state index contributed by atoms with van der Waals surface area (Å²) >= 11 is 1.43. The molecule has 1 aromatic carbocycles. The number of amides is 1. The highest BCUT2D eigenvalue weighted by atomic mass is 32.1. The second-order valence-corrected chi connectivity index (χ2v) is 8.85. The summed E-state index contributed by atoms with van der Waals surface area (Å²) in [5, 5.41) is 2.91. The Labute approximate surface area is 180 Å². The Hall–Kier alpha value is -2.55. The van der Waals surface area contributed by atoms with Crippen LogP contribution in [0.4, 0.5) is 0 Å². The summed E-state index contributed by atoms with van der Waals surface area (Å²) < 4.78 is 1.44. The van der Waals surface area contributed by atoms with E-state index in [1.165, 1.54) is 27.5 Å². The van der Waals surface area contributed by atoms with Gasteiger partial charge >= 0.3 is 0 Å². The van der Waals surface area contributed by atoms with Crippen LogP contribution in [0.2, 0.25) is 0 Å². The van der Waals surface area contributed by atoms with E-state index in [1.54, 1.807) is 6.20 Å². The van der Waals surface area contributed by atoms with E-state index in [1.807, 2.05) is 25.1 Å². The summed E-state index contributed by atoms with van der Waals surface area (Å²) in [6, 6.07) is 8.17. The summed E-state index contributed by atoms with van der Waals surface area (Å²) in [6.45, 7) is 10.8. The average molecular weight is 426 g/mol. The summed E-state index contributed by atoms with van der Waals surface area (Å²) in [4.78, 5) is 36.1. The molecule has 0 unspecified atom stereocenters. The van der Waals surface area contributed by atoms with Gasteiger partial charge in [-0.25, -0.2) is 4.98 Å². The van der Waals surface area contributed by atoms with Crippen molar-refractivity contribution in [1.82, 2.24) is 24.5 Å². The zero-order chi connectivity index (χ0) is 21.1. The van der Waals surface area contributed by atoms with Gasteiger partial charge in [0.1, 0.15) is 5.56 Å². The topological polar surface area (TPSA) is 69.9 Å². The minimum Gasteiger partial charge on any atom is -0.348 e. The number of benzene rings is 1. The summed E-state index contributed by atoms with van der Waals surface area (Å²) in [5.41, 5.74) is 2.02. The van der Waals surface area contributed by atoms with E-state index in [0.717, 1.165) is 49.7 Å². The number of fused-ring (bicyclic) bond motifs is 1. The molecular formula is C22H27N5O2S. The summed E-state index contributed by atoms with van der Waals surface area (Å²) in [7, 11) is 0. The second-order valence-electron chi connectivity index (χ2n) is 7.63. The molecule has 4 rings (SSSR count). The van der Waals surface area contributed by atoms with Crippen molar-refractivity contribution in [2.45, 2.75) is 26.9 Å². The van der Waals surface area contributed by atoms with E-state index in [-0.39, 0.29) is 11.1 Å². The molecule has 8 heteroatoms. The monoisotopic (exact) mass is 425 g/mol. The number of hydrogen-bond donors (Lipinski definition) is 1. The number of nitrogens with zero attached hydrogens (tertiary/aromatic N) is 4. The molecule has 3 aromatic rings. The number of piperazine rings is 1. The number of rotatable bonds is 6. The maximum atomic E-state index is 12.7. The summed E-state index contributed by atoms with van der Waals surface area (Å²) in [6.07, 6.45) is 3.10. The van der Waals surface area contributed by atoms with Gasteiger partial charge in [-0.3, -0.25) is 18.9 Å². The number of likely N-dealkylation sites (N-methyl/N-ethyl adjacent to an activating group) is 1. The van der Waals surface area contributed by atoms with Gasteiger partial charge in [0, 0.05) is 56.5 Å². The van der Waals surface area contributed by atoms with Crippen LogP contribution in [0.3, 0.4) is 0 Å². The van der Waals surface area contributed by atoms with Crippen LogP contribution in [0.1, 0.15) is 33.3 Å². The molecule has 1 saturated heterocycles. The molecule has 0 aliphatic carbocycles. The molecule has 7 nitrogen and oxygen atoms in total. The highest BCUT2D eigenvalue weighted by Gasteiger charge is 2.18. The predicted octanol–water partition coefficient (Wildman–Crippen LogP) is 2.13. The van der Waals surface area contributed by atoms with Crippen LogP contribution in [0.25, 0.3) is 4.96 Å². The van der Waals surface area contributed by atoms with Gasteiger partial charge < -0.3 is 10.2 Å². The van der Waals surface area contributed by atoms with Gasteiger partial charge in [-0.1, -0.05) is 31.2 Å². The Kier molecular flexibility index (Phi) is 6.26. The Balaban J connectivity index is 1.43. The van der Waals surface area contributed by atoms with Crippen molar-refractivity contribution in [2.75, 3.05) is 32.7 Å². The molecule has 158 valence electrons. The molecule has 0 spiro atoms. The van der Waals surface area contributed by atoms with Crippen molar-refractivity contribution >= 4 is 22.2 Å². The van der Waals surface area contributed by atoms with Crippen molar-refractivity contribution < 1.29 is 4.79 Å². The Bertz CT molecular complexity index is 1100. The largest absolute Gasteiger partial charge is 0.348 e. The van der Waals surface area contributed by atoms with Gasteiger partial charge in [-0.15, -0.1) is 11.3 Å². The van der Waals surface area contributed by atoms with E-state index in [4.69, 9.17) is 0 Å². The maximum Gasteiger partial charge on any atom is 0.271 e. The van der Waals surface area contributed by atoms with E-state index in [2.05, 4.69) is 33.1 Å². The lowest BCUT2D eigenvalue weighted by atomic mass is 10.1. The van der Waals surface area contributed by atoms with Crippen molar-refractivity contribution in [3.63, 3.8) is 0 Å². The molecule has 0 saturated carbocycles. The third-order valence-electron chi connectivity index (χ3n) is 5.63. The number of thiazole rings is 1. The fraction of sp³-hybridized carbons (Fsp3) is 0.409. The number of aromatic nitrogens is 2. The van der Waals surface area contributed by atoms with Gasteiger partial charge in [0.15, 0.2) is 4.96 Å². The molecule has 1 aliphatic rings. The molecule has 1 amide bonds. The van der Waals surface area contributed by atoms with Crippen LogP contribution in [-0.2, 0) is 13.1 Å². The molecular weight excluding hydrogens is 398 g/mol. The molecule has 1 aliphatic heterocycles. The number of aryl methyl sites for hydroxylation is 1. The number of carbonyl (C=O) groups excluding carboxylic acids is 1. The molecule has 0 bridgehead atoms. The zero-order valence-electron chi connectivity index (χ0n) is 17.4. The lowest BCUT2D eigenvalue weighted by Gasteiger charge is -2.34. The van der Waals surface area contributed by atoms with Gasteiger partial charge in [0.2, 0.25) is 0 Å². The molecule has 3 heterocycles. The number of carbonyl (C=O) groups is 1. The van der Waals surface area contributed by atoms with E-state index >= 15 is 0 Å². The van der Waals surface area contributed by atoms with Crippen molar-refractivity contribution in [2.24, 2.45) is 0 Å². The van der Waals surface area contributed by atoms with Crippen LogP contribution >= 0.6 is 11.3 Å². The average Bonchev–Trinajstić information content (AvgIpc) is 3.15. The fourth-order valence-electron chi connectivity index (χ4n) is 3.81. The van der Waals surface area contributed by atoms with Crippen molar-refractivity contribution in [3.8, 4) is 0 Å². The van der Waals surface area contributed by atoms with Gasteiger partial charge in [0.05, 0.1) is 0 Å². The first-order valence-electron chi connectivity index (χ1n) is 10.3. The maximum absolute atomic E-state index is 12.7. The molecule has 1 fully saturated rings. The predicted molar refractivity (Wildman–Crippen MR) is 119 cm³/mol. The standard InChI is InChI=1S/C22H27N5O2S/c1-3-25-8-10-26(11-9-25)15-18-7-5-4-6-17(18)12-23-20(28)19-13-24-22-27(21(19)29)14-16(2)30-22/h4-7,13-14H,3,8-12,15H2,1-2H3,(H,23,28). The van der Waals surface area contributed by atoms with E-state index < -0.39 is 5.91 Å². The Morgan fingerprint density at radius 3 is 2.57 bits per heavy atom. The van der Waals surface area contributed by atoms with Gasteiger partial charge in [0.25, 0.3) is 11.5 Å². The molecule has 0 atom stereocenters. The van der Waals surface area contributed by atoms with Crippen molar-refractivity contribution in [3.05, 3.63) is 68.6 Å². The quantitative estimate of drug-likeness (QED) is 0.655. The van der Waals surface area contributed by atoms with Crippen LogP contribution in [0, 0.1) is 6.92 Å². The highest BCUT2D eigenvalue weighted by molar-refractivity contribution is 7.16. The van der Waals surface area contributed by atoms with Crippen LogP contribution in [-0.4, -0.2) is 57.8 Å². The molecule has 0 radical (unpaired) electrons. The first-order chi connectivity index (χ1) is 14.5. The number of hydrogen-bond acceptors (Lipinski definition) is 6. The first-order valence-corrected chi connectivity index (χ1v) is 11.1. The van der Waals surface area contributed by atoms with Crippen LogP contribution < -0.4 is 10.9 Å². The van der Waals surface area contributed by atoms with Crippen LogP contribution in [0.15, 0.2) is 41.5 Å². The Morgan fingerprint density at radius 1 is 1.13 bits per heavy atom. The Morgan fingerprint density at radius 2 is 1.83 bits per heavy atom. The third kappa shape index (κ3) is 4.45. The van der Waals surface area contributed by atoms with Gasteiger partial charge in [-0.2, -0.15) is 0 Å². The van der Waals surface area contributed by atoms with Crippen LogP contribution in [0.5, 0.6) is 0 Å². The van der Waals surface area contributed by atoms with Gasteiger partial charge in [-0.05, 0) is 24.6 Å². The molecule has 1 N–H and O–H groups in total. The minimum absolute atomic E-state index is 0.0680. The molecule has 2 aromatic heterocycles. The SMILES string of the molecule is CCN1CCN(Cc2ccccc2CNC(=O)c2cnc3sc(C)cn3c2=O)CC1. The van der Waals surface area contributed by atoms with E-state index in [0.29, 0.717) is 11.5 Å². The third-order valence-corrected chi connectivity index (χ3v) is 6.54. The lowest BCUT2D eigenvalue weighted by Crippen LogP contribution is -2.45. The smallest absolute Gasteiger partial charge is 0.271 e. The lowest BCUT2D eigenvalue weighted by molar-refractivity contribution is 0.0948. The fourth-order valence-corrected chi connectivity index (χ4v) is 4.60. The second kappa shape index (κ2) is 9.07. The zero-order valence-corrected chi connectivity index (χ0v) is 18.2. The van der Waals surface area contributed by atoms with E-state index in [9.17, 15) is 9.59 Å². The molecule has 30 heavy (non-hydrogen) atoms. The first kappa shape index (κ1) is 20.7. The number of nitrogens with one attached hydrogen (secondary N) is 1.